The maximum atomic E-state index is 12.6. The van der Waals surface area contributed by atoms with Gasteiger partial charge in [0.15, 0.2) is 0 Å². The second-order valence-corrected chi connectivity index (χ2v) is 7.02. The van der Waals surface area contributed by atoms with Gasteiger partial charge >= 0.3 is 0 Å². The van der Waals surface area contributed by atoms with Crippen molar-refractivity contribution in [1.29, 1.82) is 0 Å². The Morgan fingerprint density at radius 3 is 2.50 bits per heavy atom. The third-order valence-corrected chi connectivity index (χ3v) is 5.31. The lowest BCUT2D eigenvalue weighted by Crippen LogP contribution is -2.50. The van der Waals surface area contributed by atoms with E-state index in [4.69, 9.17) is 0 Å². The van der Waals surface area contributed by atoms with E-state index in [2.05, 4.69) is 22.1 Å². The van der Waals surface area contributed by atoms with Gasteiger partial charge in [-0.1, -0.05) is 18.2 Å². The van der Waals surface area contributed by atoms with Crippen LogP contribution in [0.5, 0.6) is 0 Å². The number of rotatable bonds is 3. The van der Waals surface area contributed by atoms with Gasteiger partial charge < -0.3 is 9.80 Å². The average Bonchev–Trinajstić information content (AvgIpc) is 2.69. The molecule has 1 aliphatic carbocycles. The van der Waals surface area contributed by atoms with Crippen molar-refractivity contribution in [3.63, 3.8) is 0 Å². The van der Waals surface area contributed by atoms with Crippen molar-refractivity contribution in [3.8, 4) is 0 Å². The van der Waals surface area contributed by atoms with Crippen LogP contribution in [0.4, 0.5) is 5.69 Å². The van der Waals surface area contributed by atoms with Crippen molar-refractivity contribution in [2.45, 2.75) is 32.2 Å². The van der Waals surface area contributed by atoms with Crippen LogP contribution in [-0.2, 0) is 24.2 Å². The fraction of sp³-hybridized carbons (Fsp3) is 0.450. The Hall–Kier alpha value is -2.63. The van der Waals surface area contributed by atoms with Gasteiger partial charge in [0.2, 0.25) is 5.91 Å². The summed E-state index contributed by atoms with van der Waals surface area (Å²) in [6.07, 6.45) is 4.05. The van der Waals surface area contributed by atoms with Crippen molar-refractivity contribution >= 4 is 11.6 Å². The number of para-hydroxylation sites is 1. The minimum atomic E-state index is -0.165. The van der Waals surface area contributed by atoms with Gasteiger partial charge in [-0.05, 0) is 43.4 Å². The smallest absolute Gasteiger partial charge is 0.267 e. The molecule has 136 valence electrons. The predicted octanol–water partition coefficient (Wildman–Crippen LogP) is 1.47. The predicted molar refractivity (Wildman–Crippen MR) is 100 cm³/mol. The summed E-state index contributed by atoms with van der Waals surface area (Å²) >= 11 is 0. The van der Waals surface area contributed by atoms with Crippen molar-refractivity contribution in [3.05, 3.63) is 58.0 Å². The van der Waals surface area contributed by atoms with E-state index in [-0.39, 0.29) is 18.0 Å². The Balaban J connectivity index is 1.39. The number of fused-ring (bicyclic) bond motifs is 1. The maximum absolute atomic E-state index is 12.6. The van der Waals surface area contributed by atoms with Crippen LogP contribution in [0.1, 0.15) is 24.1 Å². The third-order valence-electron chi connectivity index (χ3n) is 5.31. The highest BCUT2D eigenvalue weighted by molar-refractivity contribution is 5.76. The van der Waals surface area contributed by atoms with E-state index in [9.17, 15) is 9.59 Å². The highest BCUT2D eigenvalue weighted by Gasteiger charge is 2.22. The van der Waals surface area contributed by atoms with Gasteiger partial charge in [-0.3, -0.25) is 9.59 Å². The molecule has 0 radical (unpaired) electrons. The van der Waals surface area contributed by atoms with Gasteiger partial charge in [-0.2, -0.15) is 5.10 Å². The molecule has 0 atom stereocenters. The molecule has 2 heterocycles. The van der Waals surface area contributed by atoms with Crippen LogP contribution in [0.25, 0.3) is 0 Å². The van der Waals surface area contributed by atoms with E-state index in [1.165, 1.54) is 10.4 Å². The van der Waals surface area contributed by atoms with Crippen LogP contribution >= 0.6 is 0 Å². The molecule has 0 unspecified atom stereocenters. The van der Waals surface area contributed by atoms with Crippen molar-refractivity contribution in [2.75, 3.05) is 31.1 Å². The van der Waals surface area contributed by atoms with E-state index >= 15 is 0 Å². The molecule has 0 bridgehead atoms. The number of hydrogen-bond donors (Lipinski definition) is 0. The number of carbonyl (C=O) groups excluding carboxylic acids is 1. The molecule has 1 aliphatic heterocycles. The average molecular weight is 352 g/mol. The first-order chi connectivity index (χ1) is 12.7. The summed E-state index contributed by atoms with van der Waals surface area (Å²) in [5.74, 6) is -0.0249. The monoisotopic (exact) mass is 352 g/mol. The van der Waals surface area contributed by atoms with Gasteiger partial charge in [0.05, 0.1) is 5.69 Å². The first-order valence-corrected chi connectivity index (χ1v) is 9.38. The van der Waals surface area contributed by atoms with E-state index in [1.54, 1.807) is 6.07 Å². The van der Waals surface area contributed by atoms with Crippen molar-refractivity contribution in [1.82, 2.24) is 14.7 Å². The molecule has 6 heteroatoms. The molecule has 1 aromatic heterocycles. The Labute approximate surface area is 153 Å². The topological polar surface area (TPSA) is 58.4 Å². The van der Waals surface area contributed by atoms with E-state index in [0.29, 0.717) is 13.1 Å². The first kappa shape index (κ1) is 16.8. The first-order valence-electron chi connectivity index (χ1n) is 9.38. The molecule has 1 fully saturated rings. The zero-order chi connectivity index (χ0) is 17.9. The normalized spacial score (nSPS) is 17.1. The molecular formula is C20H24N4O2. The summed E-state index contributed by atoms with van der Waals surface area (Å²) in [4.78, 5) is 29.0. The molecule has 1 aromatic carbocycles. The number of carbonyl (C=O) groups is 1. The largest absolute Gasteiger partial charge is 0.368 e. The standard InChI is InChI=1S/C20H24N4O2/c25-19-14-16-6-4-5-9-18(16)21-24(19)15-20(26)23-12-10-22(11-13-23)17-7-2-1-3-8-17/h1-3,7-8,14H,4-6,9-13,15H2. The Morgan fingerprint density at radius 2 is 1.73 bits per heavy atom. The zero-order valence-corrected chi connectivity index (χ0v) is 14.9. The van der Waals surface area contributed by atoms with Crippen LogP contribution in [0.3, 0.4) is 0 Å². The van der Waals surface area contributed by atoms with Crippen LogP contribution in [0.15, 0.2) is 41.2 Å². The quantitative estimate of drug-likeness (QED) is 0.839. The van der Waals surface area contributed by atoms with Crippen molar-refractivity contribution < 1.29 is 4.79 Å². The minimum absolute atomic E-state index is 0.0249. The molecular weight excluding hydrogens is 328 g/mol. The number of benzene rings is 1. The van der Waals surface area contributed by atoms with E-state index in [1.807, 2.05) is 23.1 Å². The summed E-state index contributed by atoms with van der Waals surface area (Å²) in [7, 11) is 0. The summed E-state index contributed by atoms with van der Waals surface area (Å²) in [6, 6.07) is 11.9. The summed E-state index contributed by atoms with van der Waals surface area (Å²) < 4.78 is 1.34. The second-order valence-electron chi connectivity index (χ2n) is 7.02. The molecule has 6 nitrogen and oxygen atoms in total. The summed E-state index contributed by atoms with van der Waals surface area (Å²) in [5, 5.41) is 4.46. The number of aromatic nitrogens is 2. The van der Waals surface area contributed by atoms with Crippen LogP contribution in [0, 0.1) is 0 Å². The van der Waals surface area contributed by atoms with Gasteiger partial charge in [0, 0.05) is 37.9 Å². The Kier molecular flexibility index (Phi) is 4.73. The second kappa shape index (κ2) is 7.32. The highest BCUT2D eigenvalue weighted by atomic mass is 16.2. The van der Waals surface area contributed by atoms with E-state index in [0.717, 1.165) is 50.0 Å². The van der Waals surface area contributed by atoms with Gasteiger partial charge in [-0.25, -0.2) is 4.68 Å². The minimum Gasteiger partial charge on any atom is -0.368 e. The lowest BCUT2D eigenvalue weighted by Gasteiger charge is -2.36. The van der Waals surface area contributed by atoms with Crippen LogP contribution < -0.4 is 10.5 Å². The lowest BCUT2D eigenvalue weighted by atomic mass is 9.97. The van der Waals surface area contributed by atoms with E-state index < -0.39 is 0 Å². The van der Waals surface area contributed by atoms with Crippen LogP contribution in [0.2, 0.25) is 0 Å². The summed E-state index contributed by atoms with van der Waals surface area (Å²) in [5.41, 5.74) is 3.06. The lowest BCUT2D eigenvalue weighted by molar-refractivity contribution is -0.132. The molecule has 0 N–H and O–H groups in total. The number of anilines is 1. The SMILES string of the molecule is O=C(Cn1nc2c(cc1=O)CCCC2)N1CCN(c2ccccc2)CC1. The Morgan fingerprint density at radius 1 is 1.00 bits per heavy atom. The molecule has 2 aromatic rings. The molecule has 0 spiro atoms. The van der Waals surface area contributed by atoms with Gasteiger partial charge in [-0.15, -0.1) is 0 Å². The molecule has 1 saturated heterocycles. The van der Waals surface area contributed by atoms with Crippen molar-refractivity contribution in [2.24, 2.45) is 0 Å². The highest BCUT2D eigenvalue weighted by Crippen LogP contribution is 2.17. The fourth-order valence-corrected chi connectivity index (χ4v) is 3.80. The number of hydrogen-bond acceptors (Lipinski definition) is 4. The molecule has 1 amide bonds. The van der Waals surface area contributed by atoms with Crippen LogP contribution in [-0.4, -0.2) is 46.8 Å². The Bertz CT molecular complexity index is 839. The van der Waals surface area contributed by atoms with Gasteiger partial charge in [0.25, 0.3) is 5.56 Å². The number of piperazine rings is 1. The molecule has 4 rings (SSSR count). The third kappa shape index (κ3) is 3.49. The fourth-order valence-electron chi connectivity index (χ4n) is 3.80. The number of nitrogens with zero attached hydrogens (tertiary/aromatic N) is 4. The van der Waals surface area contributed by atoms with Gasteiger partial charge in [0.1, 0.15) is 6.54 Å². The number of amides is 1. The maximum Gasteiger partial charge on any atom is 0.267 e. The zero-order valence-electron chi connectivity index (χ0n) is 14.9. The summed E-state index contributed by atoms with van der Waals surface area (Å²) in [6.45, 7) is 3.00. The molecule has 26 heavy (non-hydrogen) atoms. The molecule has 0 saturated carbocycles. The molecule has 2 aliphatic rings. The number of aryl methyl sites for hydroxylation is 2.